The maximum atomic E-state index is 13.0. The van der Waals surface area contributed by atoms with Gasteiger partial charge in [0, 0.05) is 26.6 Å². The Morgan fingerprint density at radius 2 is 1.59 bits per heavy atom. The Balaban J connectivity index is 1.30. The molecule has 3 saturated heterocycles. The first-order valence-electron chi connectivity index (χ1n) is 12.0. The summed E-state index contributed by atoms with van der Waals surface area (Å²) in [5.41, 5.74) is 2.68. The second-order valence-corrected chi connectivity index (χ2v) is 9.59. The number of carbonyl (C=O) groups excluding carboxylic acids is 2. The number of rotatable bonds is 5. The molecule has 0 bridgehead atoms. The molecule has 5 rings (SSSR count). The third-order valence-corrected chi connectivity index (χ3v) is 7.63. The van der Waals surface area contributed by atoms with Crippen LogP contribution in [0.25, 0.3) is 11.0 Å². The van der Waals surface area contributed by atoms with E-state index >= 15 is 0 Å². The highest BCUT2D eigenvalue weighted by molar-refractivity contribution is 6.00. The van der Waals surface area contributed by atoms with Gasteiger partial charge in [-0.3, -0.25) is 24.0 Å². The van der Waals surface area contributed by atoms with E-state index in [0.29, 0.717) is 12.3 Å². The number of nitrogens with one attached hydrogen (secondary N) is 1. The molecule has 172 valence electrons. The second-order valence-electron chi connectivity index (χ2n) is 9.59. The average molecular weight is 440 g/mol. The molecule has 2 aromatic rings. The summed E-state index contributed by atoms with van der Waals surface area (Å²) in [6.45, 7) is 7.10. The molecule has 0 saturated carbocycles. The Morgan fingerprint density at radius 1 is 0.906 bits per heavy atom. The molecular weight excluding hydrogens is 406 g/mol. The van der Waals surface area contributed by atoms with Crippen molar-refractivity contribution in [3.63, 3.8) is 0 Å². The van der Waals surface area contributed by atoms with Gasteiger partial charge >= 0.3 is 5.69 Å². The van der Waals surface area contributed by atoms with E-state index in [0.717, 1.165) is 43.5 Å². The van der Waals surface area contributed by atoms with Gasteiger partial charge < -0.3 is 9.80 Å². The summed E-state index contributed by atoms with van der Waals surface area (Å²) in [5, 5.41) is 2.37. The van der Waals surface area contributed by atoms with Crippen molar-refractivity contribution in [3.05, 3.63) is 34.2 Å². The fourth-order valence-electron chi connectivity index (χ4n) is 5.64. The first-order valence-corrected chi connectivity index (χ1v) is 12.0. The number of imide groups is 1. The molecule has 1 aromatic heterocycles. The van der Waals surface area contributed by atoms with Gasteiger partial charge in [-0.25, -0.2) is 4.79 Å². The molecule has 1 N–H and O–H groups in total. The molecule has 1 atom stereocenters. The van der Waals surface area contributed by atoms with E-state index in [1.165, 1.54) is 38.0 Å². The summed E-state index contributed by atoms with van der Waals surface area (Å²) in [6, 6.07) is 5.60. The lowest BCUT2D eigenvalue weighted by molar-refractivity contribution is -0.135. The Morgan fingerprint density at radius 3 is 2.28 bits per heavy atom. The van der Waals surface area contributed by atoms with Gasteiger partial charge in [0.1, 0.15) is 6.04 Å². The van der Waals surface area contributed by atoms with Crippen molar-refractivity contribution in [3.8, 4) is 0 Å². The summed E-state index contributed by atoms with van der Waals surface area (Å²) < 4.78 is 3.19. The van der Waals surface area contributed by atoms with Gasteiger partial charge in [0.2, 0.25) is 11.8 Å². The summed E-state index contributed by atoms with van der Waals surface area (Å²) in [7, 11) is 1.76. The fourth-order valence-corrected chi connectivity index (χ4v) is 5.64. The van der Waals surface area contributed by atoms with Crippen molar-refractivity contribution in [2.24, 2.45) is 7.05 Å². The Hall–Kier alpha value is -2.45. The van der Waals surface area contributed by atoms with Crippen LogP contribution in [0, 0.1) is 0 Å². The summed E-state index contributed by atoms with van der Waals surface area (Å²) in [6.07, 6.45) is 5.58. The minimum absolute atomic E-state index is 0.205. The SMILES string of the molecule is Cn1c(=O)n(C2CCC(=O)NC2=O)c2ccc(C3CCN(CCN4CCCC4)CC3)cc21. The number of likely N-dealkylation sites (tertiary alicyclic amines) is 2. The zero-order valence-electron chi connectivity index (χ0n) is 18.9. The number of aryl methyl sites for hydroxylation is 1. The standard InChI is InChI=1S/C24H33N5O3/c1-26-21-16-18(17-8-12-28(13-9-17)15-14-27-10-2-3-11-27)4-5-19(21)29(24(26)32)20-6-7-22(30)25-23(20)31/h4-5,16-17,20H,2-3,6-15H2,1H3,(H,25,30,31). The average Bonchev–Trinajstić information content (AvgIpc) is 3.40. The highest BCUT2D eigenvalue weighted by Gasteiger charge is 2.31. The molecule has 1 unspecified atom stereocenters. The van der Waals surface area contributed by atoms with E-state index in [-0.39, 0.29) is 23.9 Å². The Bertz CT molecular complexity index is 1070. The van der Waals surface area contributed by atoms with Crippen LogP contribution in [-0.2, 0) is 16.6 Å². The van der Waals surface area contributed by atoms with Gasteiger partial charge in [-0.05, 0) is 81.9 Å². The maximum absolute atomic E-state index is 13.0. The van der Waals surface area contributed by atoms with Crippen molar-refractivity contribution < 1.29 is 9.59 Å². The summed E-state index contributed by atoms with van der Waals surface area (Å²) in [5.74, 6) is -0.161. The van der Waals surface area contributed by atoms with E-state index in [4.69, 9.17) is 0 Å². The van der Waals surface area contributed by atoms with Gasteiger partial charge in [0.15, 0.2) is 0 Å². The number of amides is 2. The lowest BCUT2D eigenvalue weighted by Crippen LogP contribution is -2.44. The molecular formula is C24H33N5O3. The van der Waals surface area contributed by atoms with E-state index < -0.39 is 6.04 Å². The van der Waals surface area contributed by atoms with Crippen LogP contribution in [0.4, 0.5) is 0 Å². The molecule has 0 aliphatic carbocycles. The molecule has 8 nitrogen and oxygen atoms in total. The van der Waals surface area contributed by atoms with Crippen LogP contribution in [0.5, 0.6) is 0 Å². The van der Waals surface area contributed by atoms with Gasteiger partial charge in [0.25, 0.3) is 0 Å². The molecule has 3 aliphatic heterocycles. The first kappa shape index (κ1) is 21.4. The highest BCUT2D eigenvalue weighted by Crippen LogP contribution is 2.31. The minimum atomic E-state index is -0.631. The topological polar surface area (TPSA) is 79.6 Å². The van der Waals surface area contributed by atoms with E-state index in [2.05, 4.69) is 27.2 Å². The lowest BCUT2D eigenvalue weighted by Gasteiger charge is -2.33. The number of carbonyl (C=O) groups is 2. The van der Waals surface area contributed by atoms with Crippen molar-refractivity contribution in [2.75, 3.05) is 39.3 Å². The van der Waals surface area contributed by atoms with E-state index in [1.54, 1.807) is 16.2 Å². The zero-order valence-corrected chi connectivity index (χ0v) is 18.9. The Kier molecular flexibility index (Phi) is 5.90. The summed E-state index contributed by atoms with van der Waals surface area (Å²) in [4.78, 5) is 42.0. The zero-order chi connectivity index (χ0) is 22.2. The fraction of sp³-hybridized carbons (Fsp3) is 0.625. The van der Waals surface area contributed by atoms with Crippen LogP contribution in [-0.4, -0.2) is 70.0 Å². The van der Waals surface area contributed by atoms with Crippen molar-refractivity contribution in [2.45, 2.75) is 50.5 Å². The van der Waals surface area contributed by atoms with E-state index in [9.17, 15) is 14.4 Å². The normalized spacial score (nSPS) is 23.8. The van der Waals surface area contributed by atoms with E-state index in [1.807, 2.05) is 6.07 Å². The first-order chi connectivity index (χ1) is 15.5. The van der Waals surface area contributed by atoms with Gasteiger partial charge in [-0.2, -0.15) is 0 Å². The number of fused-ring (bicyclic) bond motifs is 1. The number of piperidine rings is 2. The van der Waals surface area contributed by atoms with Crippen LogP contribution in [0.1, 0.15) is 56.0 Å². The van der Waals surface area contributed by atoms with Crippen molar-refractivity contribution in [1.29, 1.82) is 0 Å². The smallest absolute Gasteiger partial charge is 0.302 e. The van der Waals surface area contributed by atoms with Crippen LogP contribution in [0.3, 0.4) is 0 Å². The number of nitrogens with zero attached hydrogens (tertiary/aromatic N) is 4. The molecule has 3 fully saturated rings. The number of benzene rings is 1. The van der Waals surface area contributed by atoms with Crippen LogP contribution >= 0.6 is 0 Å². The third kappa shape index (κ3) is 4.01. The maximum Gasteiger partial charge on any atom is 0.329 e. The summed E-state index contributed by atoms with van der Waals surface area (Å²) >= 11 is 0. The molecule has 2 amide bonds. The molecule has 32 heavy (non-hydrogen) atoms. The second kappa shape index (κ2) is 8.83. The molecule has 3 aliphatic rings. The number of hydrogen-bond donors (Lipinski definition) is 1. The van der Waals surface area contributed by atoms with Crippen LogP contribution in [0.2, 0.25) is 0 Å². The molecule has 4 heterocycles. The monoisotopic (exact) mass is 439 g/mol. The van der Waals surface area contributed by atoms with Gasteiger partial charge in [-0.1, -0.05) is 6.07 Å². The molecule has 8 heteroatoms. The highest BCUT2D eigenvalue weighted by atomic mass is 16.2. The molecule has 1 aromatic carbocycles. The predicted molar refractivity (Wildman–Crippen MR) is 123 cm³/mol. The van der Waals surface area contributed by atoms with Crippen LogP contribution in [0.15, 0.2) is 23.0 Å². The number of aromatic nitrogens is 2. The number of hydrogen-bond acceptors (Lipinski definition) is 5. The third-order valence-electron chi connectivity index (χ3n) is 7.63. The molecule has 0 spiro atoms. The largest absolute Gasteiger partial charge is 0.329 e. The lowest BCUT2D eigenvalue weighted by atomic mass is 9.89. The van der Waals surface area contributed by atoms with Crippen molar-refractivity contribution in [1.82, 2.24) is 24.3 Å². The van der Waals surface area contributed by atoms with Crippen molar-refractivity contribution >= 4 is 22.8 Å². The predicted octanol–water partition coefficient (Wildman–Crippen LogP) is 1.59. The minimum Gasteiger partial charge on any atom is -0.302 e. The number of imidazole rings is 1. The van der Waals surface area contributed by atoms with Gasteiger partial charge in [0.05, 0.1) is 11.0 Å². The Labute approximate surface area is 188 Å². The quantitative estimate of drug-likeness (QED) is 0.716. The van der Waals surface area contributed by atoms with Gasteiger partial charge in [-0.15, -0.1) is 0 Å². The van der Waals surface area contributed by atoms with Crippen LogP contribution < -0.4 is 11.0 Å². The molecule has 0 radical (unpaired) electrons.